The lowest BCUT2D eigenvalue weighted by Gasteiger charge is -2.23. The summed E-state index contributed by atoms with van der Waals surface area (Å²) in [6.07, 6.45) is 0. The van der Waals surface area contributed by atoms with Crippen molar-refractivity contribution in [1.29, 1.82) is 0 Å². The number of ether oxygens (including phenoxy) is 1. The molecule has 1 rings (SSSR count). The summed E-state index contributed by atoms with van der Waals surface area (Å²) in [5, 5.41) is 5.03. The van der Waals surface area contributed by atoms with Crippen LogP contribution in [0.3, 0.4) is 0 Å². The van der Waals surface area contributed by atoms with Crippen molar-refractivity contribution >= 4 is 10.0 Å². The van der Waals surface area contributed by atoms with Crippen LogP contribution < -0.4 is 9.88 Å². The van der Waals surface area contributed by atoms with E-state index >= 15 is 0 Å². The Morgan fingerprint density at radius 3 is 2.24 bits per heavy atom. The van der Waals surface area contributed by atoms with E-state index in [1.54, 1.807) is 0 Å². The molecule has 1 aromatic rings. The first-order chi connectivity index (χ1) is 7.68. The molecule has 0 bridgehead atoms. The third kappa shape index (κ3) is 5.70. The largest absolute Gasteiger partial charge is 0.493 e. The number of hydrogen-bond acceptors (Lipinski definition) is 3. The van der Waals surface area contributed by atoms with Gasteiger partial charge >= 0.3 is 0 Å². The van der Waals surface area contributed by atoms with Crippen LogP contribution in [0.2, 0.25) is 0 Å². The molecule has 0 unspecified atom stereocenters. The van der Waals surface area contributed by atoms with Crippen LogP contribution in [0.4, 0.5) is 0 Å². The van der Waals surface area contributed by atoms with E-state index in [0.717, 1.165) is 11.3 Å². The highest BCUT2D eigenvalue weighted by Gasteiger charge is 2.24. The first kappa shape index (κ1) is 14.0. The fourth-order valence-corrected chi connectivity index (χ4v) is 2.67. The molecule has 0 spiro atoms. The molecular weight excluding hydrogens is 238 g/mol. The Bertz CT molecular complexity index is 463. The summed E-state index contributed by atoms with van der Waals surface area (Å²) in [6.45, 7) is 5.93. The van der Waals surface area contributed by atoms with Crippen LogP contribution in [0.5, 0.6) is 5.75 Å². The minimum absolute atomic E-state index is 0.0914. The van der Waals surface area contributed by atoms with Gasteiger partial charge in [0.15, 0.2) is 0 Å². The Balaban J connectivity index is 2.58. The van der Waals surface area contributed by atoms with Crippen molar-refractivity contribution < 1.29 is 13.2 Å². The summed E-state index contributed by atoms with van der Waals surface area (Å²) in [7, 11) is -3.47. The Kier molecular flexibility index (Phi) is 4.16. The van der Waals surface area contributed by atoms with Gasteiger partial charge in [-0.1, -0.05) is 31.5 Å². The van der Waals surface area contributed by atoms with E-state index in [1.807, 2.05) is 45.0 Å². The molecule has 96 valence electrons. The monoisotopic (exact) mass is 257 g/mol. The molecule has 0 radical (unpaired) electrons. The van der Waals surface area contributed by atoms with Crippen LogP contribution in [-0.4, -0.2) is 20.8 Å². The Morgan fingerprint density at radius 2 is 1.76 bits per heavy atom. The molecule has 0 heterocycles. The highest BCUT2D eigenvalue weighted by Crippen LogP contribution is 2.20. The summed E-state index contributed by atoms with van der Waals surface area (Å²) in [6, 6.07) is 7.62. The number of rotatable bonds is 5. The second-order valence-electron chi connectivity index (χ2n) is 5.07. The smallest absolute Gasteiger partial charge is 0.209 e. The maximum absolute atomic E-state index is 11.0. The molecule has 0 aliphatic carbocycles. The lowest BCUT2D eigenvalue weighted by Crippen LogP contribution is -2.33. The van der Waals surface area contributed by atoms with Crippen LogP contribution in [0.25, 0.3) is 0 Å². The first-order valence-corrected chi connectivity index (χ1v) is 7.09. The predicted octanol–water partition coefficient (Wildman–Crippen LogP) is 1.69. The highest BCUT2D eigenvalue weighted by atomic mass is 32.2. The summed E-state index contributed by atoms with van der Waals surface area (Å²) in [5.41, 5.74) is 0.652. The number of primary sulfonamides is 1. The number of hydrogen-bond donors (Lipinski definition) is 1. The molecule has 2 N–H and O–H groups in total. The molecule has 0 saturated carbocycles. The molecule has 0 atom stereocenters. The zero-order chi connectivity index (χ0) is 13.1. The van der Waals surface area contributed by atoms with E-state index in [2.05, 4.69) is 0 Å². The van der Waals surface area contributed by atoms with Crippen molar-refractivity contribution in [2.75, 3.05) is 12.4 Å². The van der Waals surface area contributed by atoms with Gasteiger partial charge < -0.3 is 4.74 Å². The van der Waals surface area contributed by atoms with Crippen LogP contribution in [0, 0.1) is 12.3 Å². The molecule has 5 heteroatoms. The third-order valence-electron chi connectivity index (χ3n) is 2.24. The molecular formula is C12H19NO3S. The minimum atomic E-state index is -3.47. The predicted molar refractivity (Wildman–Crippen MR) is 68.4 cm³/mol. The van der Waals surface area contributed by atoms with Gasteiger partial charge in [0.1, 0.15) is 5.75 Å². The van der Waals surface area contributed by atoms with Crippen molar-refractivity contribution in [3.05, 3.63) is 29.8 Å². The van der Waals surface area contributed by atoms with Crippen molar-refractivity contribution in [2.45, 2.75) is 20.8 Å². The average Bonchev–Trinajstić information content (AvgIpc) is 2.13. The van der Waals surface area contributed by atoms with Gasteiger partial charge in [0.25, 0.3) is 0 Å². The lowest BCUT2D eigenvalue weighted by molar-refractivity contribution is 0.200. The summed E-state index contributed by atoms with van der Waals surface area (Å²) in [4.78, 5) is 0. The van der Waals surface area contributed by atoms with Crippen LogP contribution in [0.1, 0.15) is 19.4 Å². The lowest BCUT2D eigenvalue weighted by atomic mass is 9.98. The quantitative estimate of drug-likeness (QED) is 0.872. The van der Waals surface area contributed by atoms with Crippen LogP contribution in [0.15, 0.2) is 24.3 Å². The van der Waals surface area contributed by atoms with Gasteiger partial charge in [-0.3, -0.25) is 0 Å². The Morgan fingerprint density at radius 1 is 1.24 bits per heavy atom. The van der Waals surface area contributed by atoms with E-state index in [-0.39, 0.29) is 5.75 Å². The molecule has 0 aliphatic rings. The Labute approximate surface area is 103 Å². The van der Waals surface area contributed by atoms with Crippen molar-refractivity contribution in [3.63, 3.8) is 0 Å². The van der Waals surface area contributed by atoms with Crippen molar-refractivity contribution in [2.24, 2.45) is 10.6 Å². The van der Waals surface area contributed by atoms with Gasteiger partial charge in [0.05, 0.1) is 12.4 Å². The SMILES string of the molecule is Cc1ccc(OCC(C)(C)CS(N)(=O)=O)cc1. The normalized spacial score (nSPS) is 12.5. The molecule has 1 aromatic carbocycles. The number of benzene rings is 1. The van der Waals surface area contributed by atoms with Crippen LogP contribution >= 0.6 is 0 Å². The first-order valence-electron chi connectivity index (χ1n) is 5.38. The molecule has 0 aliphatic heterocycles. The zero-order valence-electron chi connectivity index (χ0n) is 10.4. The van der Waals surface area contributed by atoms with Crippen molar-refractivity contribution in [3.8, 4) is 5.75 Å². The summed E-state index contributed by atoms with van der Waals surface area (Å²) < 4.78 is 27.6. The third-order valence-corrected chi connectivity index (χ3v) is 3.43. The summed E-state index contributed by atoms with van der Waals surface area (Å²) >= 11 is 0. The molecule has 4 nitrogen and oxygen atoms in total. The molecule has 0 aromatic heterocycles. The number of sulfonamides is 1. The van der Waals surface area contributed by atoms with E-state index < -0.39 is 15.4 Å². The molecule has 0 amide bonds. The van der Waals surface area contributed by atoms with E-state index in [0.29, 0.717) is 6.61 Å². The summed E-state index contributed by atoms with van der Waals surface area (Å²) in [5.74, 6) is 0.643. The highest BCUT2D eigenvalue weighted by molar-refractivity contribution is 7.89. The van der Waals surface area contributed by atoms with Gasteiger partial charge in [0.2, 0.25) is 10.0 Å². The van der Waals surface area contributed by atoms with Gasteiger partial charge in [-0.15, -0.1) is 0 Å². The molecule has 0 fully saturated rings. The number of nitrogens with two attached hydrogens (primary N) is 1. The van der Waals surface area contributed by atoms with Gasteiger partial charge in [-0.05, 0) is 19.1 Å². The second kappa shape index (κ2) is 5.06. The molecule has 17 heavy (non-hydrogen) atoms. The Hall–Kier alpha value is -1.07. The standard InChI is InChI=1S/C12H19NO3S/c1-10-4-6-11(7-5-10)16-8-12(2,3)9-17(13,14)15/h4-7H,8-9H2,1-3H3,(H2,13,14,15). The average molecular weight is 257 g/mol. The second-order valence-corrected chi connectivity index (χ2v) is 6.69. The maximum atomic E-state index is 11.0. The van der Waals surface area contributed by atoms with E-state index in [4.69, 9.17) is 9.88 Å². The molecule has 0 saturated heterocycles. The van der Waals surface area contributed by atoms with Gasteiger partial charge in [-0.25, -0.2) is 13.6 Å². The topological polar surface area (TPSA) is 69.4 Å². The maximum Gasteiger partial charge on any atom is 0.209 e. The zero-order valence-corrected chi connectivity index (χ0v) is 11.3. The fraction of sp³-hybridized carbons (Fsp3) is 0.500. The fourth-order valence-electron chi connectivity index (χ4n) is 1.50. The van der Waals surface area contributed by atoms with Gasteiger partial charge in [-0.2, -0.15) is 0 Å². The number of aryl methyl sites for hydroxylation is 1. The van der Waals surface area contributed by atoms with Crippen molar-refractivity contribution in [1.82, 2.24) is 0 Å². The van der Waals surface area contributed by atoms with Gasteiger partial charge in [0, 0.05) is 5.41 Å². The van der Waals surface area contributed by atoms with E-state index in [1.165, 1.54) is 0 Å². The minimum Gasteiger partial charge on any atom is -0.493 e. The van der Waals surface area contributed by atoms with Crippen LogP contribution in [-0.2, 0) is 10.0 Å². The van der Waals surface area contributed by atoms with E-state index in [9.17, 15) is 8.42 Å².